The Morgan fingerprint density at radius 1 is 1.48 bits per heavy atom. The second kappa shape index (κ2) is 7.47. The molecule has 21 heavy (non-hydrogen) atoms. The van der Waals surface area contributed by atoms with Crippen LogP contribution in [-0.4, -0.2) is 39.7 Å². The zero-order valence-electron chi connectivity index (χ0n) is 12.8. The van der Waals surface area contributed by atoms with Gasteiger partial charge in [0.15, 0.2) is 0 Å². The van der Waals surface area contributed by atoms with Gasteiger partial charge >= 0.3 is 0 Å². The molecular weight excluding hydrogens is 311 g/mol. The highest BCUT2D eigenvalue weighted by molar-refractivity contribution is 6.31. The third-order valence-electron chi connectivity index (χ3n) is 4.15. The molecule has 2 heterocycles. The Morgan fingerprint density at radius 3 is 2.67 bits per heavy atom. The summed E-state index contributed by atoms with van der Waals surface area (Å²) in [6, 6.07) is 0.152. The summed E-state index contributed by atoms with van der Waals surface area (Å²) < 4.78 is 1.69. The predicted molar refractivity (Wildman–Crippen MR) is 86.9 cm³/mol. The molecule has 2 rings (SSSR count). The molecule has 0 saturated carbocycles. The van der Waals surface area contributed by atoms with Crippen LogP contribution in [0, 0.1) is 19.8 Å². The van der Waals surface area contributed by atoms with E-state index in [0.29, 0.717) is 17.5 Å². The van der Waals surface area contributed by atoms with E-state index in [1.165, 1.54) is 0 Å². The fourth-order valence-electron chi connectivity index (χ4n) is 2.85. The first-order chi connectivity index (χ1) is 9.43. The maximum atomic E-state index is 12.5. The Kier molecular flexibility index (Phi) is 6.50. The first-order valence-corrected chi connectivity index (χ1v) is 7.50. The van der Waals surface area contributed by atoms with E-state index in [2.05, 4.69) is 12.0 Å². The first-order valence-electron chi connectivity index (χ1n) is 7.13. The molecule has 1 aromatic heterocycles. The van der Waals surface area contributed by atoms with Crippen LogP contribution >= 0.6 is 24.0 Å². The second-order valence-electron chi connectivity index (χ2n) is 5.75. The van der Waals surface area contributed by atoms with Gasteiger partial charge in [-0.05, 0) is 32.6 Å². The smallest absolute Gasteiger partial charge is 0.244 e. The SMILES string of the molecule is Cc1nn(CC(=O)N2CCC(C)CC2CN)c(C)c1Cl.Cl. The summed E-state index contributed by atoms with van der Waals surface area (Å²) in [5, 5.41) is 4.96. The number of rotatable bonds is 3. The lowest BCUT2D eigenvalue weighted by molar-refractivity contribution is -0.136. The molecular formula is C14H24Cl2N4O. The van der Waals surface area contributed by atoms with Crippen LogP contribution in [0.15, 0.2) is 0 Å². The number of carbonyl (C=O) groups excluding carboxylic acids is 1. The van der Waals surface area contributed by atoms with Crippen molar-refractivity contribution in [1.82, 2.24) is 14.7 Å². The summed E-state index contributed by atoms with van der Waals surface area (Å²) in [7, 11) is 0. The van der Waals surface area contributed by atoms with Gasteiger partial charge in [-0.3, -0.25) is 9.48 Å². The average Bonchev–Trinajstić information content (AvgIpc) is 2.66. The lowest BCUT2D eigenvalue weighted by Gasteiger charge is -2.38. The van der Waals surface area contributed by atoms with Crippen LogP contribution < -0.4 is 5.73 Å². The molecule has 1 saturated heterocycles. The van der Waals surface area contributed by atoms with Crippen molar-refractivity contribution in [2.75, 3.05) is 13.1 Å². The minimum Gasteiger partial charge on any atom is -0.337 e. The number of aromatic nitrogens is 2. The molecule has 0 radical (unpaired) electrons. The number of halogens is 2. The Labute approximate surface area is 137 Å². The molecule has 120 valence electrons. The van der Waals surface area contributed by atoms with Gasteiger partial charge in [0.1, 0.15) is 6.54 Å². The molecule has 0 aliphatic carbocycles. The number of nitrogens with two attached hydrogens (primary N) is 1. The molecule has 0 spiro atoms. The summed E-state index contributed by atoms with van der Waals surface area (Å²) in [5.74, 6) is 0.713. The lowest BCUT2D eigenvalue weighted by atomic mass is 9.92. The summed E-state index contributed by atoms with van der Waals surface area (Å²) in [5.41, 5.74) is 7.41. The molecule has 1 aromatic rings. The first kappa shape index (κ1) is 18.3. The van der Waals surface area contributed by atoms with Crippen LogP contribution in [-0.2, 0) is 11.3 Å². The van der Waals surface area contributed by atoms with Crippen LogP contribution in [0.2, 0.25) is 5.02 Å². The van der Waals surface area contributed by atoms with Gasteiger partial charge in [0.2, 0.25) is 5.91 Å². The van der Waals surface area contributed by atoms with E-state index < -0.39 is 0 Å². The quantitative estimate of drug-likeness (QED) is 0.921. The van der Waals surface area contributed by atoms with E-state index in [1.807, 2.05) is 18.7 Å². The van der Waals surface area contributed by atoms with Gasteiger partial charge in [0.05, 0.1) is 16.4 Å². The predicted octanol–water partition coefficient (Wildman–Crippen LogP) is 2.16. The highest BCUT2D eigenvalue weighted by atomic mass is 35.5. The highest BCUT2D eigenvalue weighted by Crippen LogP contribution is 2.23. The van der Waals surface area contributed by atoms with E-state index in [0.717, 1.165) is 30.8 Å². The lowest BCUT2D eigenvalue weighted by Crippen LogP contribution is -2.50. The molecule has 7 heteroatoms. The summed E-state index contributed by atoms with van der Waals surface area (Å²) in [6.07, 6.45) is 2.03. The van der Waals surface area contributed by atoms with Crippen molar-refractivity contribution in [1.29, 1.82) is 0 Å². The van der Waals surface area contributed by atoms with Gasteiger partial charge in [0, 0.05) is 19.1 Å². The highest BCUT2D eigenvalue weighted by Gasteiger charge is 2.29. The van der Waals surface area contributed by atoms with Gasteiger partial charge in [0.25, 0.3) is 0 Å². The number of aryl methyl sites for hydroxylation is 1. The Hall–Kier alpha value is -0.780. The van der Waals surface area contributed by atoms with Crippen molar-refractivity contribution in [2.45, 2.75) is 46.2 Å². The number of carbonyl (C=O) groups is 1. The second-order valence-corrected chi connectivity index (χ2v) is 6.13. The summed E-state index contributed by atoms with van der Waals surface area (Å²) in [6.45, 7) is 7.49. The van der Waals surface area contributed by atoms with Crippen LogP contribution in [0.5, 0.6) is 0 Å². The zero-order chi connectivity index (χ0) is 14.9. The van der Waals surface area contributed by atoms with Crippen LogP contribution in [0.3, 0.4) is 0 Å². The molecule has 0 bridgehead atoms. The average molecular weight is 335 g/mol. The molecule has 1 amide bonds. The molecule has 5 nitrogen and oxygen atoms in total. The summed E-state index contributed by atoms with van der Waals surface area (Å²) in [4.78, 5) is 14.4. The maximum Gasteiger partial charge on any atom is 0.244 e. The normalized spacial score (nSPS) is 22.0. The summed E-state index contributed by atoms with van der Waals surface area (Å²) >= 11 is 6.11. The minimum atomic E-state index is 0. The fraction of sp³-hybridized carbons (Fsp3) is 0.714. The van der Waals surface area contributed by atoms with Gasteiger partial charge in [-0.1, -0.05) is 18.5 Å². The van der Waals surface area contributed by atoms with Crippen LogP contribution in [0.25, 0.3) is 0 Å². The Balaban J connectivity index is 0.00000220. The minimum absolute atomic E-state index is 0. The van der Waals surface area contributed by atoms with Gasteiger partial charge < -0.3 is 10.6 Å². The van der Waals surface area contributed by atoms with Crippen molar-refractivity contribution in [3.8, 4) is 0 Å². The number of amides is 1. The van der Waals surface area contributed by atoms with Crippen molar-refractivity contribution in [3.05, 3.63) is 16.4 Å². The zero-order valence-corrected chi connectivity index (χ0v) is 14.4. The van der Waals surface area contributed by atoms with Crippen molar-refractivity contribution in [3.63, 3.8) is 0 Å². The molecule has 0 aromatic carbocycles. The molecule has 2 N–H and O–H groups in total. The van der Waals surface area contributed by atoms with Crippen molar-refractivity contribution in [2.24, 2.45) is 11.7 Å². The fourth-order valence-corrected chi connectivity index (χ4v) is 2.99. The van der Waals surface area contributed by atoms with Crippen molar-refractivity contribution >= 4 is 29.9 Å². The third kappa shape index (κ3) is 3.90. The van der Waals surface area contributed by atoms with Crippen LogP contribution in [0.1, 0.15) is 31.2 Å². The largest absolute Gasteiger partial charge is 0.337 e. The molecule has 1 fully saturated rings. The molecule has 1 aliphatic heterocycles. The monoisotopic (exact) mass is 334 g/mol. The molecule has 2 atom stereocenters. The van der Waals surface area contributed by atoms with E-state index >= 15 is 0 Å². The number of piperidine rings is 1. The van der Waals surface area contributed by atoms with E-state index in [1.54, 1.807) is 4.68 Å². The van der Waals surface area contributed by atoms with Crippen molar-refractivity contribution < 1.29 is 4.79 Å². The van der Waals surface area contributed by atoms with Gasteiger partial charge in [-0.2, -0.15) is 5.10 Å². The van der Waals surface area contributed by atoms with E-state index in [4.69, 9.17) is 17.3 Å². The number of hydrogen-bond acceptors (Lipinski definition) is 3. The maximum absolute atomic E-state index is 12.5. The van der Waals surface area contributed by atoms with Gasteiger partial charge in [-0.25, -0.2) is 0 Å². The number of nitrogens with zero attached hydrogens (tertiary/aromatic N) is 3. The van der Waals surface area contributed by atoms with E-state index in [-0.39, 0.29) is 30.9 Å². The van der Waals surface area contributed by atoms with Gasteiger partial charge in [-0.15, -0.1) is 12.4 Å². The standard InChI is InChI=1S/C14H23ClN4O.ClH/c1-9-4-5-18(12(6-9)7-16)13(20)8-19-11(3)14(15)10(2)17-19;/h9,12H,4-8,16H2,1-3H3;1H. The number of likely N-dealkylation sites (tertiary alicyclic amines) is 1. The van der Waals surface area contributed by atoms with E-state index in [9.17, 15) is 4.79 Å². The number of hydrogen-bond donors (Lipinski definition) is 1. The molecule has 1 aliphatic rings. The molecule has 2 unspecified atom stereocenters. The third-order valence-corrected chi connectivity index (χ3v) is 4.70. The topological polar surface area (TPSA) is 64.2 Å². The Bertz CT molecular complexity index is 503. The Morgan fingerprint density at radius 2 is 2.14 bits per heavy atom. The van der Waals surface area contributed by atoms with Crippen LogP contribution in [0.4, 0.5) is 0 Å².